The molecule has 9 N–H and O–H groups in total. The molecule has 18 heteroatoms. The number of carbonyl (C=O) groups is 4. The van der Waals surface area contributed by atoms with Crippen molar-refractivity contribution in [3.05, 3.63) is 147 Å². The van der Waals surface area contributed by atoms with Gasteiger partial charge in [0.05, 0.1) is 11.1 Å². The van der Waals surface area contributed by atoms with E-state index in [4.69, 9.17) is 15.9 Å². The van der Waals surface area contributed by atoms with Crippen molar-refractivity contribution < 1.29 is 47.0 Å². The van der Waals surface area contributed by atoms with Crippen LogP contribution in [0.1, 0.15) is 62.3 Å². The molecule has 5 rings (SSSR count). The van der Waals surface area contributed by atoms with Gasteiger partial charge in [0.15, 0.2) is 17.1 Å². The van der Waals surface area contributed by atoms with Gasteiger partial charge in [-0.2, -0.15) is 13.2 Å². The minimum absolute atomic E-state index is 0.0123. The smallest absolute Gasteiger partial charge is 0.416 e. The number of nitrogens with zero attached hydrogens (tertiary/aromatic N) is 2. The van der Waals surface area contributed by atoms with Gasteiger partial charge in [0, 0.05) is 85.4 Å². The van der Waals surface area contributed by atoms with Crippen LogP contribution >= 0.6 is 0 Å². The van der Waals surface area contributed by atoms with Crippen molar-refractivity contribution in [3.8, 4) is 17.1 Å². The maximum atomic E-state index is 12.5. The Kier molecular flexibility index (Phi) is 19.9. The van der Waals surface area contributed by atoms with Crippen LogP contribution in [0.25, 0.3) is 27.9 Å². The first-order valence-electron chi connectivity index (χ1n) is 19.9. The van der Waals surface area contributed by atoms with Crippen molar-refractivity contribution >= 4 is 58.0 Å². The van der Waals surface area contributed by atoms with Gasteiger partial charge in [0.1, 0.15) is 23.4 Å². The summed E-state index contributed by atoms with van der Waals surface area (Å²) >= 11 is 0. The summed E-state index contributed by atoms with van der Waals surface area (Å²) in [6, 6.07) is 20.5. The quantitative estimate of drug-likeness (QED) is 0.00825. The van der Waals surface area contributed by atoms with E-state index in [9.17, 15) is 47.4 Å². The summed E-state index contributed by atoms with van der Waals surface area (Å²) in [5.41, 5.74) is 14.6. The maximum absolute atomic E-state index is 12.5. The third-order valence-corrected chi connectivity index (χ3v) is 8.90. The molecule has 3 aromatic carbocycles. The number of carboxylic acid groups (broad SMARTS) is 1. The zero-order chi connectivity index (χ0) is 48.1. The van der Waals surface area contributed by atoms with Crippen LogP contribution in [0.3, 0.4) is 0 Å². The third-order valence-electron chi connectivity index (χ3n) is 8.90. The van der Waals surface area contributed by atoms with Crippen LogP contribution in [0, 0.1) is 0 Å². The lowest BCUT2D eigenvalue weighted by atomic mass is 9.90. The Morgan fingerprint density at radius 2 is 1.51 bits per heavy atom. The Balaban J connectivity index is 0.000000273. The fraction of sp³-hybridized carbons (Fsp3) is 0.213. The molecule has 0 radical (unpaired) electrons. The number of anilines is 1. The molecule has 0 spiro atoms. The number of aliphatic carboxylic acids is 1. The van der Waals surface area contributed by atoms with E-state index >= 15 is 0 Å². The average molecular weight is 898 g/mol. The molecule has 0 fully saturated rings. The molecule has 342 valence electrons. The number of aromatic hydroxyl groups is 1. The number of fused-ring (bicyclic) bond motifs is 2. The number of hydrogen-bond donors (Lipinski definition) is 7. The molecule has 0 atom stereocenters. The van der Waals surface area contributed by atoms with E-state index < -0.39 is 17.7 Å². The number of alkyl halides is 3. The third kappa shape index (κ3) is 16.0. The minimum Gasteiger partial charge on any atom is -0.508 e. The summed E-state index contributed by atoms with van der Waals surface area (Å²) in [5.74, 6) is -0.820. The van der Waals surface area contributed by atoms with Gasteiger partial charge in [0.25, 0.3) is 0 Å². The Morgan fingerprint density at radius 3 is 2.11 bits per heavy atom. The van der Waals surface area contributed by atoms with Crippen LogP contribution < -0.4 is 32.8 Å². The van der Waals surface area contributed by atoms with Crippen LogP contribution in [0.2, 0.25) is 0 Å². The van der Waals surface area contributed by atoms with E-state index in [0.29, 0.717) is 76.9 Å². The average Bonchev–Trinajstić information content (AvgIpc) is 3.27. The SMILES string of the molecule is CC(=O)NCCNC(=O)CCCC=O.CNc1cccc(/C(N)=N/N=C(\N)c2ccc(C(F)(F)F)cc2)c1.C\C=C/C(C(=O)O)=C(\C=C/C)c1c2ccc(=O)cc-2oc2cc(O)ccc12. The zero-order valence-corrected chi connectivity index (χ0v) is 36.0. The molecular formula is C47H50F3N7O8. The van der Waals surface area contributed by atoms with E-state index in [1.54, 1.807) is 69.5 Å². The van der Waals surface area contributed by atoms with Gasteiger partial charge in [0.2, 0.25) is 11.8 Å². The maximum Gasteiger partial charge on any atom is 0.416 e. The van der Waals surface area contributed by atoms with Gasteiger partial charge >= 0.3 is 12.1 Å². The first kappa shape index (κ1) is 51.3. The van der Waals surface area contributed by atoms with Gasteiger partial charge in [-0.05, 0) is 74.4 Å². The van der Waals surface area contributed by atoms with Gasteiger partial charge in [-0.3, -0.25) is 14.4 Å². The van der Waals surface area contributed by atoms with E-state index in [-0.39, 0.29) is 40.2 Å². The lowest BCUT2D eigenvalue weighted by Gasteiger charge is -2.17. The second kappa shape index (κ2) is 25.2. The number of benzene rings is 4. The van der Waals surface area contributed by atoms with Crippen molar-refractivity contribution in [2.75, 3.05) is 25.5 Å². The number of unbranched alkanes of at least 4 members (excludes halogenated alkanes) is 1. The van der Waals surface area contributed by atoms with E-state index in [0.717, 1.165) is 24.1 Å². The van der Waals surface area contributed by atoms with Crippen LogP contribution in [-0.4, -0.2) is 66.1 Å². The molecule has 3 aromatic rings. The Morgan fingerprint density at radius 1 is 0.846 bits per heavy atom. The Hall–Kier alpha value is -8.02. The fourth-order valence-corrected chi connectivity index (χ4v) is 5.83. The number of phenols is 1. The molecule has 0 unspecified atom stereocenters. The first-order chi connectivity index (χ1) is 30.9. The molecule has 2 aliphatic rings. The number of hydrogen-bond acceptors (Lipinski definition) is 10. The molecule has 2 amide bonds. The van der Waals surface area contributed by atoms with Gasteiger partial charge in [-0.1, -0.05) is 48.6 Å². The number of amides is 2. The summed E-state index contributed by atoms with van der Waals surface area (Å²) in [6.07, 6.45) is 4.42. The van der Waals surface area contributed by atoms with E-state index in [2.05, 4.69) is 26.2 Å². The Bertz CT molecular complexity index is 2630. The number of allylic oxidation sites excluding steroid dienone is 4. The fourth-order valence-electron chi connectivity index (χ4n) is 5.83. The summed E-state index contributed by atoms with van der Waals surface area (Å²) in [4.78, 5) is 55.1. The summed E-state index contributed by atoms with van der Waals surface area (Å²) in [7, 11) is 1.77. The minimum atomic E-state index is -4.40. The van der Waals surface area contributed by atoms with Crippen molar-refractivity contribution in [2.24, 2.45) is 21.7 Å². The van der Waals surface area contributed by atoms with Crippen LogP contribution in [0.15, 0.2) is 134 Å². The number of nitrogens with one attached hydrogen (secondary N) is 3. The molecule has 0 saturated heterocycles. The highest BCUT2D eigenvalue weighted by Crippen LogP contribution is 2.40. The Labute approximate surface area is 372 Å². The van der Waals surface area contributed by atoms with Crippen molar-refractivity contribution in [1.82, 2.24) is 10.6 Å². The highest BCUT2D eigenvalue weighted by molar-refractivity contribution is 6.09. The molecule has 65 heavy (non-hydrogen) atoms. The molecule has 15 nitrogen and oxygen atoms in total. The summed E-state index contributed by atoms with van der Waals surface area (Å²) in [6.45, 7) is 5.84. The number of carbonyl (C=O) groups excluding carboxylic acids is 3. The lowest BCUT2D eigenvalue weighted by molar-refractivity contribution is -0.137. The number of carboxylic acids is 1. The number of nitrogens with two attached hydrogens (primary N) is 2. The molecule has 1 aliphatic carbocycles. The van der Waals surface area contributed by atoms with Gasteiger partial charge < -0.3 is 46.8 Å². The van der Waals surface area contributed by atoms with Crippen LogP contribution in [-0.2, 0) is 25.4 Å². The summed E-state index contributed by atoms with van der Waals surface area (Å²) < 4.78 is 43.4. The van der Waals surface area contributed by atoms with Gasteiger partial charge in [-0.15, -0.1) is 10.2 Å². The highest BCUT2D eigenvalue weighted by Gasteiger charge is 2.30. The van der Waals surface area contributed by atoms with E-state index in [1.165, 1.54) is 49.4 Å². The number of halogens is 3. The normalized spacial score (nSPS) is 12.2. The van der Waals surface area contributed by atoms with Crippen molar-refractivity contribution in [1.29, 1.82) is 0 Å². The monoisotopic (exact) mass is 897 g/mol. The standard InChI is InChI=1S/C22H18O5.C16H16F3N5.C9H16N2O3/c1-3-5-15(16(6-4-2)22(25)26)21-17-9-7-13(23)11-19(17)27-20-12-14(24)8-10-18(20)21;1-22-13-4-2-3-11(9-13)15(21)24-23-14(20)10-5-7-12(8-6-10)16(17,18)19;1-8(13)10-5-6-11-9(14)4-2-3-7-12/h3-12,23H,1-2H3,(H,25,26);2-9,22H,1H3,(H2,20,23)(H2,21,24);7H,2-6H2,1H3,(H,10,13)(H,11,14)/b5-3-,6-4-,16-15-;;. The predicted molar refractivity (Wildman–Crippen MR) is 245 cm³/mol. The molecule has 0 bridgehead atoms. The van der Waals surface area contributed by atoms with Crippen molar-refractivity contribution in [2.45, 2.75) is 46.2 Å². The predicted octanol–water partition coefficient (Wildman–Crippen LogP) is 6.97. The first-order valence-corrected chi connectivity index (χ1v) is 19.9. The molecule has 1 aliphatic heterocycles. The number of rotatable bonds is 15. The largest absolute Gasteiger partial charge is 0.508 e. The second-order valence-corrected chi connectivity index (χ2v) is 13.7. The molecule has 0 saturated carbocycles. The summed E-state index contributed by atoms with van der Waals surface area (Å²) in [5, 5.41) is 35.9. The number of amidine groups is 2. The molecule has 1 heterocycles. The van der Waals surface area contributed by atoms with Crippen LogP contribution in [0.4, 0.5) is 18.9 Å². The highest BCUT2D eigenvalue weighted by atomic mass is 19.4. The van der Waals surface area contributed by atoms with Gasteiger partial charge in [-0.25, -0.2) is 4.79 Å². The lowest BCUT2D eigenvalue weighted by Crippen LogP contribution is -2.33. The molecule has 0 aromatic heterocycles. The van der Waals surface area contributed by atoms with Crippen molar-refractivity contribution in [3.63, 3.8) is 0 Å². The number of aldehydes is 1. The van der Waals surface area contributed by atoms with Crippen LogP contribution in [0.5, 0.6) is 5.75 Å². The second-order valence-electron chi connectivity index (χ2n) is 13.7. The topological polar surface area (TPSA) is 252 Å². The zero-order valence-electron chi connectivity index (χ0n) is 36.0. The molecular weight excluding hydrogens is 848 g/mol. The van der Waals surface area contributed by atoms with E-state index in [1.807, 2.05) is 6.07 Å². The number of phenolic OH excluding ortho intramolecular Hbond substituents is 1.